The molecule has 1 heterocycles. The van der Waals surface area contributed by atoms with Crippen molar-refractivity contribution < 1.29 is 0 Å². The van der Waals surface area contributed by atoms with Crippen molar-refractivity contribution in [1.29, 1.82) is 0 Å². The summed E-state index contributed by atoms with van der Waals surface area (Å²) in [5, 5.41) is 0. The van der Waals surface area contributed by atoms with Crippen LogP contribution in [0.25, 0.3) is 0 Å². The Morgan fingerprint density at radius 1 is 1.20 bits per heavy atom. The van der Waals surface area contributed by atoms with Gasteiger partial charge < -0.3 is 0 Å². The lowest BCUT2D eigenvalue weighted by atomic mass is 9.88. The topological polar surface area (TPSA) is 0 Å². The van der Waals surface area contributed by atoms with E-state index in [0.29, 0.717) is 4.75 Å². The Balaban J connectivity index is 0.000000956. The third-order valence-electron chi connectivity index (χ3n) is 4.38. The molecule has 0 spiro atoms. The first kappa shape index (κ1) is 18.0. The average Bonchev–Trinajstić information content (AvgIpc) is 2.80. The Kier molecular flexibility index (Phi) is 6.53. The molecule has 1 saturated heterocycles. The van der Waals surface area contributed by atoms with Gasteiger partial charge in [0.05, 0.1) is 4.75 Å². The van der Waals surface area contributed by atoms with Gasteiger partial charge in [-0.05, 0) is 44.2 Å². The Morgan fingerprint density at radius 2 is 1.85 bits per heavy atom. The van der Waals surface area contributed by atoms with Crippen LogP contribution in [0.1, 0.15) is 63.6 Å². The van der Waals surface area contributed by atoms with E-state index in [9.17, 15) is 0 Å². The summed E-state index contributed by atoms with van der Waals surface area (Å²) in [5.74, 6) is 0.942. The predicted molar refractivity (Wildman–Crippen MR) is 98.3 cm³/mol. The van der Waals surface area contributed by atoms with Gasteiger partial charge in [-0.25, -0.2) is 0 Å². The van der Waals surface area contributed by atoms with Gasteiger partial charge in [-0.3, -0.25) is 0 Å². The summed E-state index contributed by atoms with van der Waals surface area (Å²) in [6.07, 6.45) is 3.82. The lowest BCUT2D eigenvalue weighted by Crippen LogP contribution is -2.24. The van der Waals surface area contributed by atoms with Gasteiger partial charge in [0.25, 0.3) is 0 Å². The van der Waals surface area contributed by atoms with E-state index in [0.717, 1.165) is 5.75 Å². The van der Waals surface area contributed by atoms with Crippen molar-refractivity contribution in [2.24, 2.45) is 0 Å². The first-order valence-electron chi connectivity index (χ1n) is 7.83. The largest absolute Gasteiger partial charge is 0.178 e. The smallest absolute Gasteiger partial charge is 0.0504 e. The van der Waals surface area contributed by atoms with Crippen LogP contribution in [-0.4, -0.2) is 10.5 Å². The molecular weight excluding hydrogens is 280 g/mol. The molecule has 0 aromatic heterocycles. The van der Waals surface area contributed by atoms with Gasteiger partial charge in [0.15, 0.2) is 0 Å². The molecule has 1 aliphatic rings. The lowest BCUT2D eigenvalue weighted by molar-refractivity contribution is 0.546. The van der Waals surface area contributed by atoms with Gasteiger partial charge in [-0.15, -0.1) is 11.8 Å². The van der Waals surface area contributed by atoms with Crippen molar-refractivity contribution in [1.82, 2.24) is 0 Å². The Morgan fingerprint density at radius 3 is 2.30 bits per heavy atom. The number of benzene rings is 1. The molecule has 2 atom stereocenters. The molecule has 1 aromatic rings. The number of thiol groups is 1. The van der Waals surface area contributed by atoms with E-state index in [-0.39, 0.29) is 4.75 Å². The van der Waals surface area contributed by atoms with Gasteiger partial charge in [-0.2, -0.15) is 12.6 Å². The van der Waals surface area contributed by atoms with Gasteiger partial charge >= 0.3 is 0 Å². The molecule has 1 aliphatic heterocycles. The number of hydrogen-bond donors (Lipinski definition) is 1. The van der Waals surface area contributed by atoms with Crippen molar-refractivity contribution in [2.45, 2.75) is 70.3 Å². The summed E-state index contributed by atoms with van der Waals surface area (Å²) in [5.41, 5.74) is 4.29. The van der Waals surface area contributed by atoms with E-state index in [2.05, 4.69) is 70.3 Å². The fraction of sp³-hybridized carbons (Fsp3) is 0.667. The van der Waals surface area contributed by atoms with Gasteiger partial charge in [0, 0.05) is 10.5 Å². The third-order valence-corrected chi connectivity index (χ3v) is 7.07. The molecule has 0 amide bonds. The fourth-order valence-corrected chi connectivity index (χ4v) is 5.42. The molecular formula is C18H30S2. The average molecular weight is 311 g/mol. The quantitative estimate of drug-likeness (QED) is 0.653. The van der Waals surface area contributed by atoms with Crippen LogP contribution in [0, 0.1) is 13.8 Å². The first-order valence-corrected chi connectivity index (χ1v) is 9.28. The molecule has 2 unspecified atom stereocenters. The molecule has 0 bridgehead atoms. The minimum atomic E-state index is 0.228. The van der Waals surface area contributed by atoms with Crippen LogP contribution in [0.5, 0.6) is 0 Å². The SMILES string of the molecule is CC.CCC1(C)CCC(CS)(c2ccc(C)cc2C)S1. The molecule has 2 rings (SSSR count). The fourth-order valence-electron chi connectivity index (χ4n) is 3.00. The molecule has 0 saturated carbocycles. The predicted octanol–water partition coefficient (Wildman–Crippen LogP) is 6.15. The monoisotopic (exact) mass is 310 g/mol. The molecule has 2 heteroatoms. The zero-order valence-electron chi connectivity index (χ0n) is 13.9. The molecule has 1 fully saturated rings. The van der Waals surface area contributed by atoms with Crippen molar-refractivity contribution in [3.63, 3.8) is 0 Å². The summed E-state index contributed by atoms with van der Waals surface area (Å²) < 4.78 is 0.658. The maximum atomic E-state index is 4.68. The molecule has 0 nitrogen and oxygen atoms in total. The number of thioether (sulfide) groups is 1. The Bertz CT molecular complexity index is 441. The van der Waals surface area contributed by atoms with Crippen LogP contribution in [-0.2, 0) is 4.75 Å². The zero-order chi connectivity index (χ0) is 15.4. The van der Waals surface area contributed by atoms with E-state index < -0.39 is 0 Å². The van der Waals surface area contributed by atoms with Crippen molar-refractivity contribution in [3.8, 4) is 0 Å². The molecule has 1 aromatic carbocycles. The third kappa shape index (κ3) is 3.57. The highest BCUT2D eigenvalue weighted by Crippen LogP contribution is 2.58. The highest BCUT2D eigenvalue weighted by molar-refractivity contribution is 8.02. The van der Waals surface area contributed by atoms with Crippen molar-refractivity contribution in [3.05, 3.63) is 34.9 Å². The lowest BCUT2D eigenvalue weighted by Gasteiger charge is -2.32. The molecule has 20 heavy (non-hydrogen) atoms. The highest BCUT2D eigenvalue weighted by atomic mass is 32.2. The summed E-state index contributed by atoms with van der Waals surface area (Å²) in [4.78, 5) is 0. The van der Waals surface area contributed by atoms with Gasteiger partial charge in [0.1, 0.15) is 0 Å². The van der Waals surface area contributed by atoms with Crippen LogP contribution in [0.4, 0.5) is 0 Å². The molecule has 0 N–H and O–H groups in total. The maximum Gasteiger partial charge on any atom is 0.0504 e. The van der Waals surface area contributed by atoms with E-state index >= 15 is 0 Å². The van der Waals surface area contributed by atoms with Crippen LogP contribution in [0.2, 0.25) is 0 Å². The van der Waals surface area contributed by atoms with Gasteiger partial charge in [0.2, 0.25) is 0 Å². The van der Waals surface area contributed by atoms with Crippen LogP contribution < -0.4 is 0 Å². The van der Waals surface area contributed by atoms with Crippen LogP contribution in [0.3, 0.4) is 0 Å². The highest BCUT2D eigenvalue weighted by Gasteiger charge is 2.46. The van der Waals surface area contributed by atoms with E-state index in [1.165, 1.54) is 36.0 Å². The summed E-state index contributed by atoms with van der Waals surface area (Å²) >= 11 is 6.84. The molecule has 0 radical (unpaired) electrons. The second-order valence-electron chi connectivity index (χ2n) is 5.88. The zero-order valence-corrected chi connectivity index (χ0v) is 15.6. The van der Waals surface area contributed by atoms with Crippen LogP contribution >= 0.6 is 24.4 Å². The van der Waals surface area contributed by atoms with Crippen LogP contribution in [0.15, 0.2) is 18.2 Å². The second kappa shape index (κ2) is 7.26. The Hall–Kier alpha value is -0.0800. The van der Waals surface area contributed by atoms with Crippen molar-refractivity contribution in [2.75, 3.05) is 5.75 Å². The maximum absolute atomic E-state index is 4.68. The van der Waals surface area contributed by atoms with E-state index in [4.69, 9.17) is 0 Å². The minimum absolute atomic E-state index is 0.228. The molecule has 0 aliphatic carbocycles. The standard InChI is InChI=1S/C16H24S2.C2H6/c1-5-15(4)8-9-16(11-17,18-15)14-7-6-12(2)10-13(14)3;1-2/h6-7,10,17H,5,8-9,11H2,1-4H3;1-2H3. The van der Waals surface area contributed by atoms with E-state index in [1.54, 1.807) is 0 Å². The number of hydrogen-bond acceptors (Lipinski definition) is 2. The summed E-state index contributed by atoms with van der Waals surface area (Å²) in [7, 11) is 0. The normalized spacial score (nSPS) is 28.9. The number of rotatable bonds is 3. The summed E-state index contributed by atoms with van der Waals surface area (Å²) in [6.45, 7) is 13.1. The minimum Gasteiger partial charge on any atom is -0.178 e. The second-order valence-corrected chi connectivity index (χ2v) is 8.16. The van der Waals surface area contributed by atoms with E-state index in [1.807, 2.05) is 13.8 Å². The number of aryl methyl sites for hydroxylation is 2. The Labute approximate surface area is 135 Å². The molecule has 114 valence electrons. The van der Waals surface area contributed by atoms with Gasteiger partial charge in [-0.1, -0.05) is 51.5 Å². The first-order chi connectivity index (χ1) is 9.45. The van der Waals surface area contributed by atoms with Crippen molar-refractivity contribution >= 4 is 24.4 Å². The summed E-state index contributed by atoms with van der Waals surface area (Å²) in [6, 6.07) is 6.88.